The number of likely N-dealkylation sites (tertiary alicyclic amines) is 1. The number of alkyl halides is 3. The normalized spacial score (nSPS) is 17.0. The molecule has 0 saturated carbocycles. The van der Waals surface area contributed by atoms with Gasteiger partial charge in [0.2, 0.25) is 0 Å². The number of hydrogen-bond acceptors (Lipinski definition) is 5. The van der Waals surface area contributed by atoms with Gasteiger partial charge in [-0.1, -0.05) is 12.1 Å². The van der Waals surface area contributed by atoms with Crippen LogP contribution in [0.4, 0.5) is 13.2 Å². The Kier molecular flexibility index (Phi) is 5.43. The maximum Gasteiger partial charge on any atom is 0.416 e. The van der Waals surface area contributed by atoms with Gasteiger partial charge in [0.05, 0.1) is 23.1 Å². The molecule has 1 aromatic carbocycles. The molecule has 0 radical (unpaired) electrons. The average molecular weight is 413 g/mol. The van der Waals surface area contributed by atoms with Crippen LogP contribution in [-0.4, -0.2) is 43.8 Å². The van der Waals surface area contributed by atoms with Crippen molar-refractivity contribution in [3.8, 4) is 11.3 Å². The van der Waals surface area contributed by atoms with Crippen LogP contribution in [0.1, 0.15) is 40.5 Å². The van der Waals surface area contributed by atoms with Crippen molar-refractivity contribution in [2.45, 2.75) is 24.9 Å². The van der Waals surface area contributed by atoms with E-state index >= 15 is 0 Å². The van der Waals surface area contributed by atoms with E-state index < -0.39 is 11.7 Å². The van der Waals surface area contributed by atoms with Gasteiger partial charge < -0.3 is 4.90 Å². The molecular formula is C21H18F3N5O. The lowest BCUT2D eigenvalue weighted by Crippen LogP contribution is -2.39. The molecule has 1 amide bonds. The summed E-state index contributed by atoms with van der Waals surface area (Å²) in [7, 11) is 0. The summed E-state index contributed by atoms with van der Waals surface area (Å²) in [5.74, 6) is -0.366. The number of carbonyl (C=O) groups is 1. The Morgan fingerprint density at radius 3 is 2.63 bits per heavy atom. The number of carbonyl (C=O) groups excluding carboxylic acids is 1. The SMILES string of the molecule is O=C(c1cnccn1)N1CCC[C@H](c2nccnc2-c2cccc(C(F)(F)F)c2)C1. The third kappa shape index (κ3) is 4.14. The minimum absolute atomic E-state index is 0.141. The average Bonchev–Trinajstić information content (AvgIpc) is 2.79. The molecule has 0 aliphatic carbocycles. The highest BCUT2D eigenvalue weighted by atomic mass is 19.4. The topological polar surface area (TPSA) is 71.9 Å². The van der Waals surface area contributed by atoms with Crippen molar-refractivity contribution in [2.24, 2.45) is 0 Å². The molecule has 3 aromatic rings. The summed E-state index contributed by atoms with van der Waals surface area (Å²) in [6, 6.07) is 5.07. The van der Waals surface area contributed by atoms with Crippen molar-refractivity contribution in [1.29, 1.82) is 0 Å². The van der Waals surface area contributed by atoms with Gasteiger partial charge >= 0.3 is 6.18 Å². The van der Waals surface area contributed by atoms with Gasteiger partial charge in [0.1, 0.15) is 5.69 Å². The van der Waals surface area contributed by atoms with Gasteiger partial charge in [0, 0.05) is 49.4 Å². The molecule has 4 rings (SSSR count). The first-order valence-corrected chi connectivity index (χ1v) is 9.47. The fourth-order valence-corrected chi connectivity index (χ4v) is 3.67. The molecule has 1 fully saturated rings. The van der Waals surface area contributed by atoms with E-state index in [0.717, 1.165) is 25.0 Å². The van der Waals surface area contributed by atoms with Gasteiger partial charge in [0.15, 0.2) is 0 Å². The minimum Gasteiger partial charge on any atom is -0.337 e. The number of piperidine rings is 1. The van der Waals surface area contributed by atoms with Gasteiger partial charge in [0.25, 0.3) is 5.91 Å². The summed E-state index contributed by atoms with van der Waals surface area (Å²) in [6.07, 6.45) is 4.43. The molecule has 9 heteroatoms. The van der Waals surface area contributed by atoms with Crippen molar-refractivity contribution in [3.05, 3.63) is 72.2 Å². The van der Waals surface area contributed by atoms with Crippen LogP contribution in [0, 0.1) is 0 Å². The largest absolute Gasteiger partial charge is 0.416 e. The molecule has 3 heterocycles. The third-order valence-corrected chi connectivity index (χ3v) is 5.07. The summed E-state index contributed by atoms with van der Waals surface area (Å²) in [4.78, 5) is 31.2. The quantitative estimate of drug-likeness (QED) is 0.650. The Hall–Kier alpha value is -3.36. The smallest absolute Gasteiger partial charge is 0.337 e. The molecule has 6 nitrogen and oxygen atoms in total. The predicted molar refractivity (Wildman–Crippen MR) is 102 cm³/mol. The fourth-order valence-electron chi connectivity index (χ4n) is 3.67. The Morgan fingerprint density at radius 1 is 1.07 bits per heavy atom. The Morgan fingerprint density at radius 2 is 1.87 bits per heavy atom. The van der Waals surface area contributed by atoms with Crippen molar-refractivity contribution in [2.75, 3.05) is 13.1 Å². The number of halogens is 3. The second-order valence-electron chi connectivity index (χ2n) is 7.05. The lowest BCUT2D eigenvalue weighted by atomic mass is 9.91. The highest BCUT2D eigenvalue weighted by Crippen LogP contribution is 2.35. The molecular weight excluding hydrogens is 395 g/mol. The molecule has 1 saturated heterocycles. The summed E-state index contributed by atoms with van der Waals surface area (Å²) >= 11 is 0. The Bertz CT molecular complexity index is 1040. The lowest BCUT2D eigenvalue weighted by Gasteiger charge is -2.32. The molecule has 2 aromatic heterocycles. The van der Waals surface area contributed by atoms with E-state index in [0.29, 0.717) is 30.0 Å². The van der Waals surface area contributed by atoms with Gasteiger partial charge in [-0.2, -0.15) is 13.2 Å². The summed E-state index contributed by atoms with van der Waals surface area (Å²) in [6.45, 7) is 0.963. The van der Waals surface area contributed by atoms with Crippen LogP contribution >= 0.6 is 0 Å². The second-order valence-corrected chi connectivity index (χ2v) is 7.05. The molecule has 0 N–H and O–H groups in total. The van der Waals surface area contributed by atoms with Crippen LogP contribution in [0.5, 0.6) is 0 Å². The molecule has 1 aliphatic heterocycles. The summed E-state index contributed by atoms with van der Waals surface area (Å²) in [5, 5.41) is 0. The second kappa shape index (κ2) is 8.17. The van der Waals surface area contributed by atoms with Crippen LogP contribution in [0.25, 0.3) is 11.3 Å². The van der Waals surface area contributed by atoms with Crippen LogP contribution in [0.3, 0.4) is 0 Å². The zero-order valence-corrected chi connectivity index (χ0v) is 15.9. The van der Waals surface area contributed by atoms with Gasteiger partial charge in [-0.25, -0.2) is 4.98 Å². The number of benzene rings is 1. The van der Waals surface area contributed by atoms with E-state index in [1.165, 1.54) is 37.1 Å². The van der Waals surface area contributed by atoms with Crippen LogP contribution in [0.2, 0.25) is 0 Å². The maximum atomic E-state index is 13.1. The maximum absolute atomic E-state index is 13.1. The van der Waals surface area contributed by atoms with E-state index in [2.05, 4.69) is 19.9 Å². The van der Waals surface area contributed by atoms with Gasteiger partial charge in [-0.05, 0) is 25.0 Å². The molecule has 154 valence electrons. The summed E-state index contributed by atoms with van der Waals surface area (Å²) in [5.41, 5.74) is 0.872. The Labute approximate surface area is 170 Å². The number of rotatable bonds is 3. The first kappa shape index (κ1) is 19.9. The zero-order chi connectivity index (χ0) is 21.1. The number of hydrogen-bond donors (Lipinski definition) is 0. The standard InChI is InChI=1S/C21H18F3N5O/c22-21(23,24)16-5-1-3-14(11-16)18-19(28-9-8-27-18)15-4-2-10-29(13-15)20(30)17-12-25-6-7-26-17/h1,3,5-9,11-12,15H,2,4,10,13H2/t15-/m0/s1. The molecule has 1 aliphatic rings. The van der Waals surface area contributed by atoms with Crippen LogP contribution in [0.15, 0.2) is 55.2 Å². The summed E-state index contributed by atoms with van der Waals surface area (Å²) < 4.78 is 39.4. The van der Waals surface area contributed by atoms with E-state index in [-0.39, 0.29) is 17.5 Å². The first-order chi connectivity index (χ1) is 14.4. The molecule has 0 bridgehead atoms. The number of aromatic nitrogens is 4. The number of nitrogens with zero attached hydrogens (tertiary/aromatic N) is 5. The van der Waals surface area contributed by atoms with Crippen LogP contribution in [-0.2, 0) is 6.18 Å². The highest BCUT2D eigenvalue weighted by Gasteiger charge is 2.32. The monoisotopic (exact) mass is 413 g/mol. The highest BCUT2D eigenvalue weighted by molar-refractivity contribution is 5.92. The number of amides is 1. The lowest BCUT2D eigenvalue weighted by molar-refractivity contribution is -0.137. The minimum atomic E-state index is -4.44. The van der Waals surface area contributed by atoms with Crippen molar-refractivity contribution < 1.29 is 18.0 Å². The van der Waals surface area contributed by atoms with Gasteiger partial charge in [-0.3, -0.25) is 19.7 Å². The van der Waals surface area contributed by atoms with Crippen LogP contribution < -0.4 is 0 Å². The molecule has 30 heavy (non-hydrogen) atoms. The van der Waals surface area contributed by atoms with Crippen molar-refractivity contribution in [3.63, 3.8) is 0 Å². The Balaban J connectivity index is 1.63. The van der Waals surface area contributed by atoms with Crippen molar-refractivity contribution >= 4 is 5.91 Å². The third-order valence-electron chi connectivity index (χ3n) is 5.07. The zero-order valence-electron chi connectivity index (χ0n) is 15.9. The molecule has 0 unspecified atom stereocenters. The van der Waals surface area contributed by atoms with Crippen molar-refractivity contribution in [1.82, 2.24) is 24.8 Å². The van der Waals surface area contributed by atoms with E-state index in [4.69, 9.17) is 0 Å². The fraction of sp³-hybridized carbons (Fsp3) is 0.286. The molecule has 0 spiro atoms. The van der Waals surface area contributed by atoms with E-state index in [1.54, 1.807) is 11.0 Å². The van der Waals surface area contributed by atoms with E-state index in [1.807, 2.05) is 0 Å². The predicted octanol–water partition coefficient (Wildman–Crippen LogP) is 3.97. The first-order valence-electron chi connectivity index (χ1n) is 9.47. The van der Waals surface area contributed by atoms with E-state index in [9.17, 15) is 18.0 Å². The van der Waals surface area contributed by atoms with Gasteiger partial charge in [-0.15, -0.1) is 0 Å². The molecule has 1 atom stereocenters.